The van der Waals surface area contributed by atoms with Gasteiger partial charge < -0.3 is 15.0 Å². The molecule has 2 aromatic rings. The Bertz CT molecular complexity index is 668. The van der Waals surface area contributed by atoms with Gasteiger partial charge in [0.2, 0.25) is 5.88 Å². The molecule has 1 aromatic carbocycles. The smallest absolute Gasteiger partial charge is 0.258 e. The van der Waals surface area contributed by atoms with Gasteiger partial charge in [-0.3, -0.25) is 9.48 Å². The maximum atomic E-state index is 12.4. The summed E-state index contributed by atoms with van der Waals surface area (Å²) in [5.41, 5.74) is 1.68. The quantitative estimate of drug-likeness (QED) is 0.915. The van der Waals surface area contributed by atoms with Gasteiger partial charge in [0.25, 0.3) is 5.91 Å². The van der Waals surface area contributed by atoms with Gasteiger partial charge in [-0.15, -0.1) is 5.10 Å². The molecule has 0 spiro atoms. The molecule has 1 atom stereocenters. The summed E-state index contributed by atoms with van der Waals surface area (Å²) in [4.78, 5) is 14.7. The number of methoxy groups -OCH3 is 1. The lowest BCUT2D eigenvalue weighted by atomic mass is 10.2. The zero-order valence-electron chi connectivity index (χ0n) is 13.5. The molecule has 1 N–H and O–H groups in total. The molecule has 1 amide bonds. The van der Waals surface area contributed by atoms with E-state index in [4.69, 9.17) is 4.74 Å². The number of aromatic nitrogens is 2. The van der Waals surface area contributed by atoms with Crippen LogP contribution in [-0.2, 0) is 7.05 Å². The Morgan fingerprint density at radius 2 is 2.17 bits per heavy atom. The average Bonchev–Trinajstić information content (AvgIpc) is 3.19. The summed E-state index contributed by atoms with van der Waals surface area (Å²) >= 11 is 0. The summed E-state index contributed by atoms with van der Waals surface area (Å²) in [6.07, 6.45) is 3.91. The highest BCUT2D eigenvalue weighted by Crippen LogP contribution is 2.25. The highest BCUT2D eigenvalue weighted by atomic mass is 16.5. The molecule has 2 heterocycles. The number of ether oxygens (including phenoxy) is 1. The van der Waals surface area contributed by atoms with Gasteiger partial charge in [0.05, 0.1) is 7.11 Å². The third-order valence-electron chi connectivity index (χ3n) is 4.20. The second-order valence-electron chi connectivity index (χ2n) is 5.76. The number of hydrogen-bond donors (Lipinski definition) is 1. The van der Waals surface area contributed by atoms with Crippen LogP contribution in [0.2, 0.25) is 0 Å². The largest absolute Gasteiger partial charge is 0.479 e. The zero-order valence-corrected chi connectivity index (χ0v) is 13.5. The van der Waals surface area contributed by atoms with Crippen molar-refractivity contribution in [2.75, 3.05) is 25.1 Å². The Morgan fingerprint density at radius 1 is 1.39 bits per heavy atom. The van der Waals surface area contributed by atoms with Crippen LogP contribution in [0.1, 0.15) is 23.2 Å². The van der Waals surface area contributed by atoms with Gasteiger partial charge in [-0.2, -0.15) is 0 Å². The van der Waals surface area contributed by atoms with Crippen molar-refractivity contribution in [1.29, 1.82) is 0 Å². The molecule has 1 aliphatic heterocycles. The number of carbonyl (C=O) groups is 1. The number of nitrogens with zero attached hydrogens (tertiary/aromatic N) is 3. The molecule has 1 aliphatic rings. The molecule has 0 bridgehead atoms. The van der Waals surface area contributed by atoms with Gasteiger partial charge >= 0.3 is 0 Å². The molecule has 1 fully saturated rings. The van der Waals surface area contributed by atoms with Gasteiger partial charge in [-0.1, -0.05) is 18.2 Å². The van der Waals surface area contributed by atoms with Crippen molar-refractivity contribution in [1.82, 2.24) is 15.1 Å². The molecule has 6 nitrogen and oxygen atoms in total. The topological polar surface area (TPSA) is 59.4 Å². The molecule has 6 heteroatoms. The standard InChI is InChI=1S/C17H22N4O2/c1-20-12-15(17(19-20)23-2)16(22)18-11-14-9-6-10-21(14)13-7-4-3-5-8-13/h3-5,7-8,12,14H,6,9-11H2,1-2H3,(H,18,22). The maximum absolute atomic E-state index is 12.4. The number of para-hydroxylation sites is 1. The van der Waals surface area contributed by atoms with E-state index in [2.05, 4.69) is 27.4 Å². The molecule has 0 radical (unpaired) electrons. The third kappa shape index (κ3) is 3.31. The molecule has 0 aliphatic carbocycles. The molecular weight excluding hydrogens is 292 g/mol. The van der Waals surface area contributed by atoms with Crippen molar-refractivity contribution in [3.05, 3.63) is 42.1 Å². The van der Waals surface area contributed by atoms with Crippen LogP contribution in [-0.4, -0.2) is 41.9 Å². The molecule has 1 unspecified atom stereocenters. The zero-order chi connectivity index (χ0) is 16.2. The fourth-order valence-electron chi connectivity index (χ4n) is 3.09. The summed E-state index contributed by atoms with van der Waals surface area (Å²) in [5, 5.41) is 7.13. The lowest BCUT2D eigenvalue weighted by molar-refractivity contribution is 0.0948. The van der Waals surface area contributed by atoms with E-state index in [1.165, 1.54) is 12.8 Å². The molecule has 1 saturated heterocycles. The Kier molecular flexibility index (Phi) is 4.50. The van der Waals surface area contributed by atoms with Crippen molar-refractivity contribution in [2.24, 2.45) is 7.05 Å². The minimum Gasteiger partial charge on any atom is -0.479 e. The number of amides is 1. The third-order valence-corrected chi connectivity index (χ3v) is 4.20. The van der Waals surface area contributed by atoms with Gasteiger partial charge in [0, 0.05) is 38.1 Å². The fraction of sp³-hybridized carbons (Fsp3) is 0.412. The van der Waals surface area contributed by atoms with Gasteiger partial charge in [0.15, 0.2) is 0 Å². The van der Waals surface area contributed by atoms with E-state index in [-0.39, 0.29) is 5.91 Å². The summed E-state index contributed by atoms with van der Waals surface area (Å²) in [5.74, 6) is 0.214. The number of benzene rings is 1. The molecule has 1 aromatic heterocycles. The first kappa shape index (κ1) is 15.4. The van der Waals surface area contributed by atoms with Crippen LogP contribution in [0.5, 0.6) is 5.88 Å². The SMILES string of the molecule is COc1nn(C)cc1C(=O)NCC1CCCN1c1ccccc1. The number of rotatable bonds is 5. The van der Waals surface area contributed by atoms with Crippen molar-refractivity contribution in [3.63, 3.8) is 0 Å². The van der Waals surface area contributed by atoms with Crippen molar-refractivity contribution >= 4 is 11.6 Å². The van der Waals surface area contributed by atoms with Crippen molar-refractivity contribution in [3.8, 4) is 5.88 Å². The molecule has 0 saturated carbocycles. The van der Waals surface area contributed by atoms with Crippen LogP contribution < -0.4 is 15.0 Å². The second-order valence-corrected chi connectivity index (χ2v) is 5.76. The number of nitrogens with one attached hydrogen (secondary N) is 1. The van der Waals surface area contributed by atoms with Crippen LogP contribution >= 0.6 is 0 Å². The van der Waals surface area contributed by atoms with E-state index >= 15 is 0 Å². The predicted molar refractivity (Wildman–Crippen MR) is 88.9 cm³/mol. The fourth-order valence-corrected chi connectivity index (χ4v) is 3.09. The first-order valence-electron chi connectivity index (χ1n) is 7.86. The molecule has 122 valence electrons. The lowest BCUT2D eigenvalue weighted by Crippen LogP contribution is -2.40. The monoisotopic (exact) mass is 314 g/mol. The van der Waals surface area contributed by atoms with Crippen LogP contribution in [0.4, 0.5) is 5.69 Å². The Hall–Kier alpha value is -2.50. The Morgan fingerprint density at radius 3 is 2.91 bits per heavy atom. The van der Waals surface area contributed by atoms with Crippen LogP contribution in [0, 0.1) is 0 Å². The minimum atomic E-state index is -0.144. The van der Waals surface area contributed by atoms with E-state index < -0.39 is 0 Å². The summed E-state index contributed by atoms with van der Waals surface area (Å²) in [6, 6.07) is 10.7. The lowest BCUT2D eigenvalue weighted by Gasteiger charge is -2.27. The predicted octanol–water partition coefficient (Wildman–Crippen LogP) is 1.83. The summed E-state index contributed by atoms with van der Waals surface area (Å²) < 4.78 is 6.73. The highest BCUT2D eigenvalue weighted by molar-refractivity contribution is 5.96. The minimum absolute atomic E-state index is 0.144. The van der Waals surface area contributed by atoms with Crippen molar-refractivity contribution in [2.45, 2.75) is 18.9 Å². The van der Waals surface area contributed by atoms with E-state index in [0.717, 1.165) is 19.4 Å². The first-order valence-corrected chi connectivity index (χ1v) is 7.86. The summed E-state index contributed by atoms with van der Waals surface area (Å²) in [6.45, 7) is 1.65. The van der Waals surface area contributed by atoms with Gasteiger partial charge in [0.1, 0.15) is 5.56 Å². The summed E-state index contributed by atoms with van der Waals surface area (Å²) in [7, 11) is 3.29. The van der Waals surface area contributed by atoms with Crippen molar-refractivity contribution < 1.29 is 9.53 Å². The van der Waals surface area contributed by atoms with E-state index in [1.807, 2.05) is 18.2 Å². The Labute approximate surface area is 136 Å². The van der Waals surface area contributed by atoms with E-state index in [1.54, 1.807) is 17.9 Å². The van der Waals surface area contributed by atoms with Gasteiger partial charge in [-0.25, -0.2) is 0 Å². The van der Waals surface area contributed by atoms with Crippen LogP contribution in [0.15, 0.2) is 36.5 Å². The number of hydrogen-bond acceptors (Lipinski definition) is 4. The first-order chi connectivity index (χ1) is 11.2. The normalized spacial score (nSPS) is 17.3. The molecule has 3 rings (SSSR count). The van der Waals surface area contributed by atoms with Crippen LogP contribution in [0.25, 0.3) is 0 Å². The van der Waals surface area contributed by atoms with Gasteiger partial charge in [-0.05, 0) is 25.0 Å². The number of anilines is 1. The van der Waals surface area contributed by atoms with E-state index in [9.17, 15) is 4.79 Å². The number of aryl methyl sites for hydroxylation is 1. The van der Waals surface area contributed by atoms with Crippen LogP contribution in [0.3, 0.4) is 0 Å². The second kappa shape index (κ2) is 6.73. The number of carbonyl (C=O) groups excluding carboxylic acids is 1. The molecule has 23 heavy (non-hydrogen) atoms. The van der Waals surface area contributed by atoms with E-state index in [0.29, 0.717) is 24.0 Å². The molecular formula is C17H22N4O2. The highest BCUT2D eigenvalue weighted by Gasteiger charge is 2.26. The average molecular weight is 314 g/mol. The Balaban J connectivity index is 1.64. The maximum Gasteiger partial charge on any atom is 0.258 e.